The van der Waals surface area contributed by atoms with Crippen LogP contribution in [0.4, 0.5) is 0 Å². The van der Waals surface area contributed by atoms with E-state index in [4.69, 9.17) is 0 Å². The number of hydrogen-bond acceptors (Lipinski definition) is 7. The van der Waals surface area contributed by atoms with Crippen molar-refractivity contribution in [2.75, 3.05) is 0 Å². The Bertz CT molecular complexity index is 3240. The number of rotatable bonds is 33. The van der Waals surface area contributed by atoms with Crippen LogP contribution in [0.25, 0.3) is 77.3 Å². The number of nitrogens with zero attached hydrogens (tertiary/aromatic N) is 2. The monoisotopic (exact) mass is 1120 g/mol. The molecule has 0 aliphatic heterocycles. The van der Waals surface area contributed by atoms with Gasteiger partial charge in [-0.3, -0.25) is 0 Å². The third kappa shape index (κ3) is 14.6. The molecule has 0 radical (unpaired) electrons. The summed E-state index contributed by atoms with van der Waals surface area (Å²) in [5.41, 5.74) is 10.8. The van der Waals surface area contributed by atoms with Crippen molar-refractivity contribution in [1.82, 2.24) is 4.57 Å². The van der Waals surface area contributed by atoms with Crippen LogP contribution in [-0.2, 0) is 43.4 Å². The number of carbonyl (C=O) groups is 1. The third-order valence-corrected chi connectivity index (χ3v) is 22.1. The maximum atomic E-state index is 12.2. The lowest BCUT2D eigenvalue weighted by Crippen LogP contribution is -1.97. The molecule has 6 heterocycles. The molecule has 0 atom stereocenters. The molecular formula is C68H84N2O2S5. The first kappa shape index (κ1) is 58.6. The molecule has 0 fully saturated rings. The van der Waals surface area contributed by atoms with Crippen molar-refractivity contribution in [1.29, 1.82) is 5.26 Å². The van der Waals surface area contributed by atoms with Crippen molar-refractivity contribution >= 4 is 90.5 Å². The largest absolute Gasteiger partial charge is 0.477 e. The van der Waals surface area contributed by atoms with Crippen molar-refractivity contribution < 1.29 is 9.90 Å². The van der Waals surface area contributed by atoms with Crippen LogP contribution < -0.4 is 0 Å². The van der Waals surface area contributed by atoms with E-state index in [1.54, 1.807) is 17.4 Å². The van der Waals surface area contributed by atoms with Gasteiger partial charge < -0.3 is 9.67 Å². The SMILES string of the molecule is CCCCCCc1cc(-c2sc(-c3sc(-c4sc(-c5sc(-c6ccc7c(c6)c6ccccc6n7CC)cc5CCCCCC)cc4CCCCCC)cc3CCCCCC)cc2CCCCCC)sc1/C=C(/C#N)C(=O)O. The van der Waals surface area contributed by atoms with E-state index in [0.717, 1.165) is 69.2 Å². The number of fused-ring (bicyclic) bond motifs is 3. The zero-order chi connectivity index (χ0) is 54.1. The Hall–Kier alpha value is -4.56. The van der Waals surface area contributed by atoms with Crippen LogP contribution in [-0.4, -0.2) is 15.6 Å². The molecule has 0 amide bonds. The predicted octanol–water partition coefficient (Wildman–Crippen LogP) is 23.1. The molecule has 8 rings (SSSR count). The number of carboxylic acid groups (broad SMARTS) is 1. The highest BCUT2D eigenvalue weighted by Crippen LogP contribution is 2.52. The van der Waals surface area contributed by atoms with Gasteiger partial charge in [0.25, 0.3) is 0 Å². The van der Waals surface area contributed by atoms with Crippen LogP contribution in [0.1, 0.15) is 203 Å². The van der Waals surface area contributed by atoms with Crippen molar-refractivity contribution in [3.63, 3.8) is 0 Å². The lowest BCUT2D eigenvalue weighted by molar-refractivity contribution is -0.132. The molecule has 4 nitrogen and oxygen atoms in total. The molecule has 6 aromatic heterocycles. The van der Waals surface area contributed by atoms with E-state index in [0.29, 0.717) is 0 Å². The van der Waals surface area contributed by atoms with Gasteiger partial charge in [-0.15, -0.1) is 56.7 Å². The van der Waals surface area contributed by atoms with E-state index in [1.807, 2.05) is 40.1 Å². The Morgan fingerprint density at radius 1 is 0.468 bits per heavy atom. The first-order chi connectivity index (χ1) is 37.7. The summed E-state index contributed by atoms with van der Waals surface area (Å²) in [5, 5.41) is 22.5. The fourth-order valence-electron chi connectivity index (χ4n) is 11.2. The Morgan fingerprint density at radius 3 is 1.29 bits per heavy atom. The summed E-state index contributed by atoms with van der Waals surface area (Å²) in [5.74, 6) is -1.16. The van der Waals surface area contributed by atoms with Crippen LogP contribution in [0.3, 0.4) is 0 Å². The number of benzene rings is 2. The second kappa shape index (κ2) is 29.6. The van der Waals surface area contributed by atoms with Gasteiger partial charge in [-0.1, -0.05) is 155 Å². The number of para-hydroxylation sites is 1. The molecule has 8 aromatic rings. The quantitative estimate of drug-likeness (QED) is 0.0253. The minimum Gasteiger partial charge on any atom is -0.477 e. The molecule has 0 spiro atoms. The third-order valence-electron chi connectivity index (χ3n) is 15.5. The fraction of sp³-hybridized carbons (Fsp3) is 0.471. The summed E-state index contributed by atoms with van der Waals surface area (Å²) in [4.78, 5) is 25.5. The lowest BCUT2D eigenvalue weighted by atomic mass is 10.0. The Kier molecular flexibility index (Phi) is 22.5. The second-order valence-electron chi connectivity index (χ2n) is 21.4. The van der Waals surface area contributed by atoms with Crippen LogP contribution in [0.5, 0.6) is 0 Å². The first-order valence-electron chi connectivity index (χ1n) is 29.7. The van der Waals surface area contributed by atoms with Gasteiger partial charge in [0.1, 0.15) is 11.6 Å². The zero-order valence-electron chi connectivity index (χ0n) is 47.2. The summed E-state index contributed by atoms with van der Waals surface area (Å²) in [6.07, 6.45) is 31.1. The number of aromatic nitrogens is 1. The summed E-state index contributed by atoms with van der Waals surface area (Å²) in [6.45, 7) is 14.7. The van der Waals surface area contributed by atoms with Crippen LogP contribution >= 0.6 is 56.7 Å². The van der Waals surface area contributed by atoms with Crippen molar-refractivity contribution in [2.24, 2.45) is 0 Å². The van der Waals surface area contributed by atoms with Gasteiger partial charge in [-0.05, 0) is 159 Å². The summed E-state index contributed by atoms with van der Waals surface area (Å²) in [7, 11) is 0. The summed E-state index contributed by atoms with van der Waals surface area (Å²) >= 11 is 9.72. The van der Waals surface area contributed by atoms with Crippen LogP contribution in [0, 0.1) is 11.3 Å². The van der Waals surface area contributed by atoms with Crippen LogP contribution in [0.15, 0.2) is 78.4 Å². The molecule has 0 bridgehead atoms. The minimum absolute atomic E-state index is 0.197. The molecule has 408 valence electrons. The number of carboxylic acids is 1. The number of nitriles is 1. The maximum absolute atomic E-state index is 12.2. The number of hydrogen-bond donors (Lipinski definition) is 1. The molecule has 9 heteroatoms. The average Bonchev–Trinajstić information content (AvgIpc) is 4.36. The Morgan fingerprint density at radius 2 is 0.857 bits per heavy atom. The summed E-state index contributed by atoms with van der Waals surface area (Å²) in [6, 6.07) is 30.7. The van der Waals surface area contributed by atoms with E-state index in [1.165, 1.54) is 202 Å². The standard InChI is InChI=1S/C68H84N2O2S5/c1-7-13-18-23-30-47-40-60(73-58(47)45-53(46-69)68(71)72)64-50(32-25-20-15-9-3)42-62(75-64)66-52(34-27-22-17-11-5)44-63(77-66)67-51(33-26-21-16-10-4)43-61(76-67)65-49(31-24-19-14-8-2)41-59(74-65)48-37-38-57-55(39-48)54-35-28-29-36-56(54)70(57)12-6/h28-29,35-45H,7-27,30-34H2,1-6H3,(H,71,72)/b53-45-. The fourth-order valence-corrected chi connectivity index (χ4v) is 17.7. The highest BCUT2D eigenvalue weighted by molar-refractivity contribution is 7.30. The predicted molar refractivity (Wildman–Crippen MR) is 342 cm³/mol. The van der Waals surface area contributed by atoms with E-state index in [2.05, 4.69) is 130 Å². The lowest BCUT2D eigenvalue weighted by Gasteiger charge is -2.03. The van der Waals surface area contributed by atoms with Gasteiger partial charge in [0.2, 0.25) is 0 Å². The smallest absolute Gasteiger partial charge is 0.346 e. The van der Waals surface area contributed by atoms with Crippen molar-refractivity contribution in [3.8, 4) is 55.5 Å². The number of unbranched alkanes of at least 4 members (excludes halogenated alkanes) is 15. The van der Waals surface area contributed by atoms with E-state index in [9.17, 15) is 15.2 Å². The maximum Gasteiger partial charge on any atom is 0.346 e. The van der Waals surface area contributed by atoms with Gasteiger partial charge in [-0.25, -0.2) is 4.79 Å². The van der Waals surface area contributed by atoms with Crippen molar-refractivity contribution in [3.05, 3.63) is 111 Å². The van der Waals surface area contributed by atoms with Gasteiger partial charge in [-0.2, -0.15) is 5.26 Å². The number of thiophene rings is 5. The van der Waals surface area contributed by atoms with Gasteiger partial charge >= 0.3 is 5.97 Å². The molecule has 0 saturated carbocycles. The highest BCUT2D eigenvalue weighted by atomic mass is 32.1. The molecule has 0 aliphatic carbocycles. The highest BCUT2D eigenvalue weighted by Gasteiger charge is 2.25. The topological polar surface area (TPSA) is 66.0 Å². The van der Waals surface area contributed by atoms with Gasteiger partial charge in [0, 0.05) is 77.1 Å². The number of aryl methyl sites for hydroxylation is 6. The molecular weight excluding hydrogens is 1040 g/mol. The van der Waals surface area contributed by atoms with E-state index >= 15 is 0 Å². The van der Waals surface area contributed by atoms with Gasteiger partial charge in [0.05, 0.1) is 0 Å². The zero-order valence-corrected chi connectivity index (χ0v) is 51.3. The first-order valence-corrected chi connectivity index (χ1v) is 33.8. The summed E-state index contributed by atoms with van der Waals surface area (Å²) < 4.78 is 2.46. The minimum atomic E-state index is -1.16. The molecule has 77 heavy (non-hydrogen) atoms. The Balaban J connectivity index is 1.24. The molecule has 2 aromatic carbocycles. The van der Waals surface area contributed by atoms with Crippen molar-refractivity contribution in [2.45, 2.75) is 209 Å². The second-order valence-corrected chi connectivity index (χ2v) is 26.7. The van der Waals surface area contributed by atoms with E-state index < -0.39 is 5.97 Å². The van der Waals surface area contributed by atoms with Gasteiger partial charge in [0.15, 0.2) is 0 Å². The molecule has 1 N–H and O–H groups in total. The molecule has 0 unspecified atom stereocenters. The molecule has 0 saturated heterocycles. The Labute approximate surface area is 481 Å². The number of aliphatic carboxylic acids is 1. The normalized spacial score (nSPS) is 12.0. The molecule has 0 aliphatic rings. The average molecular weight is 1120 g/mol. The van der Waals surface area contributed by atoms with Crippen LogP contribution in [0.2, 0.25) is 0 Å². The van der Waals surface area contributed by atoms with E-state index in [-0.39, 0.29) is 5.57 Å².